The average Bonchev–Trinajstić information content (AvgIpc) is 2.89. The molecule has 0 aliphatic carbocycles. The SMILES string of the molecule is c1ccc(CN2CCC(C3c4ccccc4Oc4cc(-c5cccnc5)ccc43)CC2)cc1. The predicted molar refractivity (Wildman–Crippen MR) is 132 cm³/mol. The summed E-state index contributed by atoms with van der Waals surface area (Å²) < 4.78 is 6.43. The third-order valence-electron chi connectivity index (χ3n) is 7.17. The quantitative estimate of drug-likeness (QED) is 0.351. The van der Waals surface area contributed by atoms with Gasteiger partial charge in [-0.05, 0) is 61.2 Å². The minimum absolute atomic E-state index is 0.381. The largest absolute Gasteiger partial charge is 0.457 e. The molecule has 0 N–H and O–H groups in total. The van der Waals surface area contributed by atoms with Crippen molar-refractivity contribution in [2.75, 3.05) is 13.1 Å². The van der Waals surface area contributed by atoms with Crippen molar-refractivity contribution < 1.29 is 4.74 Å². The van der Waals surface area contributed by atoms with Gasteiger partial charge >= 0.3 is 0 Å². The molecule has 33 heavy (non-hydrogen) atoms. The molecule has 6 rings (SSSR count). The summed E-state index contributed by atoms with van der Waals surface area (Å²) in [4.78, 5) is 6.89. The van der Waals surface area contributed by atoms with Gasteiger partial charge in [0.15, 0.2) is 0 Å². The molecule has 0 saturated carbocycles. The molecule has 1 saturated heterocycles. The Morgan fingerprint density at radius 2 is 1.55 bits per heavy atom. The van der Waals surface area contributed by atoms with Crippen molar-refractivity contribution in [3.8, 4) is 22.6 Å². The molecule has 3 nitrogen and oxygen atoms in total. The lowest BCUT2D eigenvalue weighted by Gasteiger charge is -2.39. The van der Waals surface area contributed by atoms with E-state index in [1.54, 1.807) is 0 Å². The number of hydrogen-bond acceptors (Lipinski definition) is 3. The monoisotopic (exact) mass is 432 g/mol. The molecule has 164 valence electrons. The van der Waals surface area contributed by atoms with Gasteiger partial charge in [0.25, 0.3) is 0 Å². The van der Waals surface area contributed by atoms with Gasteiger partial charge in [0.05, 0.1) is 0 Å². The molecule has 3 heteroatoms. The maximum absolute atomic E-state index is 6.43. The fourth-order valence-corrected chi connectivity index (χ4v) is 5.50. The summed E-state index contributed by atoms with van der Waals surface area (Å²) in [5.74, 6) is 2.99. The first-order valence-electron chi connectivity index (χ1n) is 11.9. The average molecular weight is 433 g/mol. The number of likely N-dealkylation sites (tertiary alicyclic amines) is 1. The lowest BCUT2D eigenvalue weighted by Crippen LogP contribution is -2.36. The molecule has 2 aliphatic heterocycles. The van der Waals surface area contributed by atoms with Crippen LogP contribution in [0.1, 0.15) is 35.4 Å². The summed E-state index contributed by atoms with van der Waals surface area (Å²) in [5.41, 5.74) is 6.33. The van der Waals surface area contributed by atoms with E-state index in [-0.39, 0.29) is 0 Å². The van der Waals surface area contributed by atoms with Crippen molar-refractivity contribution >= 4 is 0 Å². The van der Waals surface area contributed by atoms with Crippen LogP contribution in [0.4, 0.5) is 0 Å². The van der Waals surface area contributed by atoms with Crippen LogP contribution in [0.25, 0.3) is 11.1 Å². The number of nitrogens with zero attached hydrogens (tertiary/aromatic N) is 2. The van der Waals surface area contributed by atoms with E-state index in [1.165, 1.54) is 29.5 Å². The number of hydrogen-bond donors (Lipinski definition) is 0. The third-order valence-corrected chi connectivity index (χ3v) is 7.17. The first-order chi connectivity index (χ1) is 16.3. The normalized spacial score (nSPS) is 18.2. The van der Waals surface area contributed by atoms with Crippen LogP contribution in [0.5, 0.6) is 11.5 Å². The van der Waals surface area contributed by atoms with Crippen molar-refractivity contribution in [2.45, 2.75) is 25.3 Å². The first-order valence-corrected chi connectivity index (χ1v) is 11.9. The van der Waals surface area contributed by atoms with E-state index >= 15 is 0 Å². The molecule has 0 bridgehead atoms. The lowest BCUT2D eigenvalue weighted by atomic mass is 9.74. The van der Waals surface area contributed by atoms with Gasteiger partial charge in [0, 0.05) is 41.5 Å². The summed E-state index contributed by atoms with van der Waals surface area (Å²) in [7, 11) is 0. The molecule has 3 heterocycles. The van der Waals surface area contributed by atoms with Crippen molar-refractivity contribution in [1.29, 1.82) is 0 Å². The molecule has 1 fully saturated rings. The molecule has 1 aromatic heterocycles. The molecule has 0 radical (unpaired) electrons. The standard InChI is InChI=1S/C30H28N2O/c1-2-7-22(8-3-1)21-32-17-14-23(15-18-32)30-26-10-4-5-11-28(26)33-29-19-24(12-13-27(29)30)25-9-6-16-31-20-25/h1-13,16,19-20,23,30H,14-15,17-18,21H2. The van der Waals surface area contributed by atoms with Gasteiger partial charge in [-0.25, -0.2) is 0 Å². The Labute approximate surface area is 195 Å². The van der Waals surface area contributed by atoms with Crippen LogP contribution in [0.15, 0.2) is 97.3 Å². The molecule has 1 unspecified atom stereocenters. The molecular formula is C30H28N2O. The van der Waals surface area contributed by atoms with Gasteiger partial charge in [-0.2, -0.15) is 0 Å². The van der Waals surface area contributed by atoms with Crippen LogP contribution in [0, 0.1) is 5.92 Å². The van der Waals surface area contributed by atoms with Crippen molar-refractivity contribution in [3.05, 3.63) is 114 Å². The Bertz CT molecular complexity index is 1230. The van der Waals surface area contributed by atoms with E-state index in [1.807, 2.05) is 18.5 Å². The van der Waals surface area contributed by atoms with Gasteiger partial charge in [-0.15, -0.1) is 0 Å². The summed E-state index contributed by atoms with van der Waals surface area (Å²) in [6.45, 7) is 3.33. The number of fused-ring (bicyclic) bond motifs is 2. The summed E-state index contributed by atoms with van der Waals surface area (Å²) in [5, 5.41) is 0. The maximum atomic E-state index is 6.43. The van der Waals surface area contributed by atoms with Crippen molar-refractivity contribution in [2.24, 2.45) is 5.92 Å². The zero-order chi connectivity index (χ0) is 22.0. The molecule has 4 aromatic rings. The zero-order valence-corrected chi connectivity index (χ0v) is 18.7. The smallest absolute Gasteiger partial charge is 0.131 e. The Morgan fingerprint density at radius 1 is 0.758 bits per heavy atom. The minimum atomic E-state index is 0.381. The van der Waals surface area contributed by atoms with E-state index in [0.29, 0.717) is 11.8 Å². The van der Waals surface area contributed by atoms with Crippen LogP contribution >= 0.6 is 0 Å². The van der Waals surface area contributed by atoms with Crippen LogP contribution in [0.3, 0.4) is 0 Å². The molecule has 1 atom stereocenters. The number of piperidine rings is 1. The minimum Gasteiger partial charge on any atom is -0.457 e. The molecule has 2 aliphatic rings. The van der Waals surface area contributed by atoms with E-state index in [4.69, 9.17) is 4.74 Å². The number of aromatic nitrogens is 1. The van der Waals surface area contributed by atoms with E-state index in [0.717, 1.165) is 42.3 Å². The second kappa shape index (κ2) is 8.84. The molecule has 0 spiro atoms. The lowest BCUT2D eigenvalue weighted by molar-refractivity contribution is 0.166. The second-order valence-electron chi connectivity index (χ2n) is 9.21. The zero-order valence-electron chi connectivity index (χ0n) is 18.7. The number of benzene rings is 3. The maximum Gasteiger partial charge on any atom is 0.131 e. The molecule has 3 aromatic carbocycles. The van der Waals surface area contributed by atoms with E-state index in [2.05, 4.69) is 88.7 Å². The van der Waals surface area contributed by atoms with Crippen molar-refractivity contribution in [3.63, 3.8) is 0 Å². The van der Waals surface area contributed by atoms with E-state index in [9.17, 15) is 0 Å². The highest BCUT2D eigenvalue weighted by molar-refractivity contribution is 5.67. The van der Waals surface area contributed by atoms with Gasteiger partial charge < -0.3 is 4.74 Å². The third kappa shape index (κ3) is 4.05. The number of ether oxygens (including phenoxy) is 1. The number of para-hydroxylation sites is 1. The van der Waals surface area contributed by atoms with Crippen LogP contribution < -0.4 is 4.74 Å². The summed E-state index contributed by atoms with van der Waals surface area (Å²) in [6, 6.07) is 30.2. The highest BCUT2D eigenvalue weighted by atomic mass is 16.5. The van der Waals surface area contributed by atoms with Crippen LogP contribution in [0.2, 0.25) is 0 Å². The molecular weight excluding hydrogens is 404 g/mol. The number of rotatable bonds is 4. The van der Waals surface area contributed by atoms with Gasteiger partial charge in [-0.1, -0.05) is 66.7 Å². The second-order valence-corrected chi connectivity index (χ2v) is 9.21. The molecule has 0 amide bonds. The predicted octanol–water partition coefficient (Wildman–Crippen LogP) is 6.90. The first kappa shape index (κ1) is 20.2. The fourth-order valence-electron chi connectivity index (χ4n) is 5.50. The summed E-state index contributed by atoms with van der Waals surface area (Å²) >= 11 is 0. The van der Waals surface area contributed by atoms with Crippen molar-refractivity contribution in [1.82, 2.24) is 9.88 Å². The van der Waals surface area contributed by atoms with Crippen LogP contribution in [-0.4, -0.2) is 23.0 Å². The van der Waals surface area contributed by atoms with Crippen LogP contribution in [-0.2, 0) is 6.54 Å². The highest BCUT2D eigenvalue weighted by Gasteiger charge is 2.35. The van der Waals surface area contributed by atoms with E-state index < -0.39 is 0 Å². The number of pyridine rings is 1. The topological polar surface area (TPSA) is 25.4 Å². The fraction of sp³-hybridized carbons (Fsp3) is 0.233. The Morgan fingerprint density at radius 3 is 2.36 bits per heavy atom. The van der Waals surface area contributed by atoms with Gasteiger partial charge in [0.2, 0.25) is 0 Å². The van der Waals surface area contributed by atoms with Gasteiger partial charge in [-0.3, -0.25) is 9.88 Å². The van der Waals surface area contributed by atoms with Gasteiger partial charge in [0.1, 0.15) is 11.5 Å². The Balaban J connectivity index is 1.28. The Kier molecular flexibility index (Phi) is 5.41. The highest BCUT2D eigenvalue weighted by Crippen LogP contribution is 2.50. The Hall–Kier alpha value is -3.43. The summed E-state index contributed by atoms with van der Waals surface area (Å²) in [6.07, 6.45) is 6.14.